The number of rotatable bonds is 11. The van der Waals surface area contributed by atoms with Gasteiger partial charge in [0.25, 0.3) is 5.91 Å². The zero-order chi connectivity index (χ0) is 30.4. The number of Topliss-reactive ketones (excluding diaryl/α,β-unsaturated/α-hetero) is 2. The average Bonchev–Trinajstić information content (AvgIpc) is 2.96. The molecule has 0 bridgehead atoms. The minimum Gasteiger partial charge on any atom is -0.322 e. The predicted molar refractivity (Wildman–Crippen MR) is 172 cm³/mol. The first-order chi connectivity index (χ1) is 20.1. The number of hydrogen-bond donors (Lipinski definition) is 1. The molecule has 0 radical (unpaired) electrons. The van der Waals surface area contributed by atoms with Gasteiger partial charge in [0, 0.05) is 35.2 Å². The Morgan fingerprint density at radius 1 is 0.500 bits per heavy atom. The van der Waals surface area contributed by atoms with Crippen molar-refractivity contribution in [1.82, 2.24) is 0 Å². The Balaban J connectivity index is 2.06. The first kappa shape index (κ1) is 30.6. The van der Waals surface area contributed by atoms with Crippen LogP contribution in [-0.2, 0) is 12.8 Å². The molecule has 0 saturated heterocycles. The van der Waals surface area contributed by atoms with Crippen LogP contribution in [0.4, 0.5) is 5.69 Å². The van der Waals surface area contributed by atoms with Crippen molar-refractivity contribution in [3.8, 4) is 0 Å². The predicted octanol–water partition coefficient (Wildman–Crippen LogP) is 9.16. The number of anilines is 1. The summed E-state index contributed by atoms with van der Waals surface area (Å²) in [5.41, 5.74) is 6.11. The van der Waals surface area contributed by atoms with Gasteiger partial charge >= 0.3 is 0 Å². The molecule has 4 rings (SSSR count). The fourth-order valence-electron chi connectivity index (χ4n) is 5.84. The van der Waals surface area contributed by atoms with Crippen LogP contribution >= 0.6 is 0 Å². The number of ketones is 2. The summed E-state index contributed by atoms with van der Waals surface area (Å²) in [5.74, 6) is -0.839. The van der Waals surface area contributed by atoms with Crippen LogP contribution in [0.5, 0.6) is 0 Å². The molecule has 216 valence electrons. The highest BCUT2D eigenvalue weighted by Crippen LogP contribution is 2.41. The second-order valence-electron chi connectivity index (χ2n) is 11.8. The summed E-state index contributed by atoms with van der Waals surface area (Å²) in [7, 11) is 0. The second-order valence-corrected chi connectivity index (χ2v) is 11.8. The highest BCUT2D eigenvalue weighted by Gasteiger charge is 2.35. The SMILES string of the molecule is CC(C)c1c(C(=O)Cc2ccccc2)c(C(C)C)c(C(=O)Nc2ccccc2)c(C(C)C)c1C(=O)Cc1ccccc1. The molecule has 1 amide bonds. The third-order valence-electron chi connectivity index (χ3n) is 7.58. The molecule has 0 aromatic heterocycles. The van der Waals surface area contributed by atoms with Crippen LogP contribution in [0.15, 0.2) is 91.0 Å². The summed E-state index contributed by atoms with van der Waals surface area (Å²) >= 11 is 0. The summed E-state index contributed by atoms with van der Waals surface area (Å²) in [5, 5.41) is 3.07. The first-order valence-corrected chi connectivity index (χ1v) is 14.8. The maximum atomic E-state index is 14.4. The number of benzene rings is 4. The molecule has 0 fully saturated rings. The molecule has 0 spiro atoms. The topological polar surface area (TPSA) is 63.2 Å². The minimum atomic E-state index is -0.300. The normalized spacial score (nSPS) is 11.3. The minimum absolute atomic E-state index is 0.0774. The molecule has 0 atom stereocenters. The first-order valence-electron chi connectivity index (χ1n) is 14.8. The molecular weight excluding hydrogens is 518 g/mol. The quantitative estimate of drug-likeness (QED) is 0.186. The largest absolute Gasteiger partial charge is 0.322 e. The highest BCUT2D eigenvalue weighted by atomic mass is 16.2. The maximum absolute atomic E-state index is 14.4. The molecule has 42 heavy (non-hydrogen) atoms. The van der Waals surface area contributed by atoms with Crippen molar-refractivity contribution in [1.29, 1.82) is 0 Å². The standard InChI is InChI=1S/C38H41NO3/c1-24(2)32-35(30(40)22-27-16-10-7-11-17-27)33(25(3)4)37(38(42)39-29-20-14-9-15-21-29)34(26(5)6)36(32)31(41)23-28-18-12-8-13-19-28/h7-21,24-26H,22-23H2,1-6H3,(H,39,42). The Hall–Kier alpha value is -4.31. The molecule has 0 aliphatic carbocycles. The van der Waals surface area contributed by atoms with E-state index in [1.807, 2.05) is 133 Å². The smallest absolute Gasteiger partial charge is 0.256 e. The van der Waals surface area contributed by atoms with E-state index < -0.39 is 0 Å². The molecule has 0 aliphatic heterocycles. The van der Waals surface area contributed by atoms with Gasteiger partial charge in [-0.3, -0.25) is 14.4 Å². The van der Waals surface area contributed by atoms with Gasteiger partial charge in [-0.15, -0.1) is 0 Å². The van der Waals surface area contributed by atoms with Gasteiger partial charge in [-0.2, -0.15) is 0 Å². The van der Waals surface area contributed by atoms with Crippen LogP contribution in [0.25, 0.3) is 0 Å². The van der Waals surface area contributed by atoms with Crippen LogP contribution in [-0.4, -0.2) is 17.5 Å². The van der Waals surface area contributed by atoms with E-state index in [4.69, 9.17) is 0 Å². The molecule has 4 heteroatoms. The Labute approximate surface area is 250 Å². The molecule has 0 aliphatic rings. The number of para-hydroxylation sites is 1. The fourth-order valence-corrected chi connectivity index (χ4v) is 5.84. The number of hydrogen-bond acceptors (Lipinski definition) is 3. The van der Waals surface area contributed by atoms with Crippen LogP contribution in [0, 0.1) is 0 Å². The third kappa shape index (κ3) is 6.76. The second kappa shape index (κ2) is 13.6. The lowest BCUT2D eigenvalue weighted by molar-refractivity contribution is 0.0989. The van der Waals surface area contributed by atoms with E-state index in [2.05, 4.69) is 5.32 Å². The van der Waals surface area contributed by atoms with Gasteiger partial charge in [0.2, 0.25) is 0 Å². The number of nitrogens with one attached hydrogen (secondary N) is 1. The maximum Gasteiger partial charge on any atom is 0.256 e. The van der Waals surface area contributed by atoms with E-state index in [0.29, 0.717) is 33.5 Å². The third-order valence-corrected chi connectivity index (χ3v) is 7.58. The monoisotopic (exact) mass is 559 g/mol. The van der Waals surface area contributed by atoms with Crippen LogP contribution < -0.4 is 5.32 Å². The molecule has 0 saturated carbocycles. The van der Waals surface area contributed by atoms with E-state index in [-0.39, 0.29) is 48.1 Å². The molecule has 4 nitrogen and oxygen atoms in total. The summed E-state index contributed by atoms with van der Waals surface area (Å²) in [6.07, 6.45) is 0.376. The Bertz CT molecular complexity index is 1340. The van der Waals surface area contributed by atoms with Crippen molar-refractivity contribution in [2.45, 2.75) is 72.1 Å². The Morgan fingerprint density at radius 3 is 1.19 bits per heavy atom. The van der Waals surface area contributed by atoms with Crippen molar-refractivity contribution in [3.63, 3.8) is 0 Å². The summed E-state index contributed by atoms with van der Waals surface area (Å²) in [6.45, 7) is 12.2. The zero-order valence-electron chi connectivity index (χ0n) is 25.5. The Kier molecular flexibility index (Phi) is 9.90. The van der Waals surface area contributed by atoms with Gasteiger partial charge in [0.1, 0.15) is 0 Å². The van der Waals surface area contributed by atoms with E-state index in [1.165, 1.54) is 0 Å². The van der Waals surface area contributed by atoms with Gasteiger partial charge in [-0.05, 0) is 57.7 Å². The van der Waals surface area contributed by atoms with E-state index in [1.54, 1.807) is 0 Å². The fraction of sp³-hybridized carbons (Fsp3) is 0.289. The van der Waals surface area contributed by atoms with Crippen LogP contribution in [0.2, 0.25) is 0 Å². The van der Waals surface area contributed by atoms with Crippen LogP contribution in [0.1, 0.15) is 118 Å². The van der Waals surface area contributed by atoms with Gasteiger partial charge in [0.05, 0.1) is 0 Å². The highest BCUT2D eigenvalue weighted by molar-refractivity contribution is 6.14. The van der Waals surface area contributed by atoms with Crippen molar-refractivity contribution < 1.29 is 14.4 Å². The van der Waals surface area contributed by atoms with E-state index in [9.17, 15) is 14.4 Å². The van der Waals surface area contributed by atoms with Crippen molar-refractivity contribution in [2.24, 2.45) is 0 Å². The summed E-state index contributed by atoms with van der Waals surface area (Å²) in [6, 6.07) is 28.6. The lowest BCUT2D eigenvalue weighted by Gasteiger charge is -2.30. The average molecular weight is 560 g/mol. The molecule has 0 unspecified atom stereocenters. The number of amides is 1. The lowest BCUT2D eigenvalue weighted by Crippen LogP contribution is -2.27. The number of carbonyl (C=O) groups excluding carboxylic acids is 3. The Morgan fingerprint density at radius 2 is 0.833 bits per heavy atom. The van der Waals surface area contributed by atoms with Crippen molar-refractivity contribution in [2.75, 3.05) is 5.32 Å². The molecule has 4 aromatic carbocycles. The molecular formula is C38H41NO3. The van der Waals surface area contributed by atoms with Crippen molar-refractivity contribution >= 4 is 23.2 Å². The van der Waals surface area contributed by atoms with Crippen molar-refractivity contribution in [3.05, 3.63) is 136 Å². The zero-order valence-corrected chi connectivity index (χ0v) is 25.5. The lowest BCUT2D eigenvalue weighted by atomic mass is 9.73. The van der Waals surface area contributed by atoms with Crippen LogP contribution in [0.3, 0.4) is 0 Å². The van der Waals surface area contributed by atoms with E-state index >= 15 is 0 Å². The van der Waals surface area contributed by atoms with Gasteiger partial charge < -0.3 is 5.32 Å². The molecule has 0 heterocycles. The summed E-state index contributed by atoms with van der Waals surface area (Å²) < 4.78 is 0. The van der Waals surface area contributed by atoms with Gasteiger partial charge in [-0.25, -0.2) is 0 Å². The van der Waals surface area contributed by atoms with E-state index in [0.717, 1.165) is 16.7 Å². The van der Waals surface area contributed by atoms with Gasteiger partial charge in [-0.1, -0.05) is 120 Å². The van der Waals surface area contributed by atoms with Gasteiger partial charge in [0.15, 0.2) is 11.6 Å². The summed E-state index contributed by atoms with van der Waals surface area (Å²) in [4.78, 5) is 43.0. The molecule has 4 aromatic rings. The number of carbonyl (C=O) groups is 3. The molecule has 1 N–H and O–H groups in total.